The van der Waals surface area contributed by atoms with Crippen LogP contribution in [0.1, 0.15) is 43.7 Å². The van der Waals surface area contributed by atoms with Gasteiger partial charge in [0.15, 0.2) is 5.69 Å². The number of aromatic nitrogens is 4. The molecular formula is C24H28N6O2S. The molecule has 2 amide bonds. The summed E-state index contributed by atoms with van der Waals surface area (Å²) in [4.78, 5) is 32.9. The van der Waals surface area contributed by atoms with E-state index in [1.54, 1.807) is 27.1 Å². The Labute approximate surface area is 196 Å². The lowest BCUT2D eigenvalue weighted by molar-refractivity contribution is 0.0716. The zero-order valence-corrected chi connectivity index (χ0v) is 20.1. The second kappa shape index (κ2) is 9.58. The molecule has 1 aromatic carbocycles. The third-order valence-electron chi connectivity index (χ3n) is 5.85. The fraction of sp³-hybridized carbons (Fsp3) is 0.333. The molecular weight excluding hydrogens is 436 g/mol. The van der Waals surface area contributed by atoms with E-state index < -0.39 is 0 Å². The number of carbonyl (C=O) groups is 2. The average molecular weight is 465 g/mol. The van der Waals surface area contributed by atoms with E-state index in [1.165, 1.54) is 11.3 Å². The Morgan fingerprint density at radius 1 is 1.15 bits per heavy atom. The number of benzene rings is 1. The quantitative estimate of drug-likeness (QED) is 0.434. The van der Waals surface area contributed by atoms with Gasteiger partial charge < -0.3 is 14.8 Å². The Morgan fingerprint density at radius 3 is 2.58 bits per heavy atom. The topological polar surface area (TPSA) is 84.5 Å². The first-order valence-electron chi connectivity index (χ1n) is 10.9. The van der Waals surface area contributed by atoms with Crippen LogP contribution in [0.2, 0.25) is 0 Å². The maximum atomic E-state index is 13.4. The van der Waals surface area contributed by atoms with E-state index in [0.29, 0.717) is 30.8 Å². The largest absolute Gasteiger partial charge is 0.351 e. The van der Waals surface area contributed by atoms with Crippen LogP contribution in [0.5, 0.6) is 0 Å². The average Bonchev–Trinajstić information content (AvgIpc) is 3.48. The van der Waals surface area contributed by atoms with Gasteiger partial charge in [0.25, 0.3) is 11.8 Å². The molecule has 8 nitrogen and oxygen atoms in total. The van der Waals surface area contributed by atoms with Crippen molar-refractivity contribution in [2.45, 2.75) is 32.7 Å². The maximum absolute atomic E-state index is 13.4. The van der Waals surface area contributed by atoms with Crippen LogP contribution >= 0.6 is 11.3 Å². The molecule has 3 aromatic heterocycles. The maximum Gasteiger partial charge on any atom is 0.274 e. The molecule has 0 fully saturated rings. The van der Waals surface area contributed by atoms with Gasteiger partial charge in [-0.1, -0.05) is 41.7 Å². The van der Waals surface area contributed by atoms with Gasteiger partial charge in [-0.2, -0.15) is 5.10 Å². The number of fused-ring (bicyclic) bond motifs is 1. The Morgan fingerprint density at radius 2 is 1.91 bits per heavy atom. The van der Waals surface area contributed by atoms with Gasteiger partial charge in [-0.3, -0.25) is 9.59 Å². The number of carbonyl (C=O) groups excluding carboxylic acids is 2. The van der Waals surface area contributed by atoms with E-state index >= 15 is 0 Å². The lowest BCUT2D eigenvalue weighted by Gasteiger charge is -2.28. The van der Waals surface area contributed by atoms with Crippen molar-refractivity contribution < 1.29 is 9.59 Å². The number of nitrogens with zero attached hydrogens (tertiary/aromatic N) is 5. The van der Waals surface area contributed by atoms with Crippen molar-refractivity contribution in [3.05, 3.63) is 76.3 Å². The molecule has 9 heteroatoms. The summed E-state index contributed by atoms with van der Waals surface area (Å²) < 4.78 is 3.52. The molecule has 4 aromatic rings. The highest BCUT2D eigenvalue weighted by molar-refractivity contribution is 7.16. The van der Waals surface area contributed by atoms with Crippen LogP contribution in [0.4, 0.5) is 0 Å². The minimum atomic E-state index is -0.141. The highest BCUT2D eigenvalue weighted by atomic mass is 32.1. The van der Waals surface area contributed by atoms with Crippen molar-refractivity contribution in [2.24, 2.45) is 7.05 Å². The molecule has 0 bridgehead atoms. The number of hydrogen-bond donors (Lipinski definition) is 1. The fourth-order valence-electron chi connectivity index (χ4n) is 3.94. The summed E-state index contributed by atoms with van der Waals surface area (Å²) in [5.74, 6) is -0.265. The van der Waals surface area contributed by atoms with E-state index in [2.05, 4.69) is 27.5 Å². The van der Waals surface area contributed by atoms with Crippen LogP contribution < -0.4 is 5.32 Å². The van der Waals surface area contributed by atoms with Crippen LogP contribution in [0.25, 0.3) is 4.96 Å². The number of aryl methyl sites for hydroxylation is 3. The molecule has 172 valence electrons. The molecule has 0 aliphatic heterocycles. The molecule has 0 spiro atoms. The molecule has 0 aliphatic carbocycles. The minimum Gasteiger partial charge on any atom is -0.351 e. The molecule has 1 N–H and O–H groups in total. The van der Waals surface area contributed by atoms with Crippen LogP contribution in [0, 0.1) is 13.8 Å². The van der Waals surface area contributed by atoms with E-state index in [4.69, 9.17) is 0 Å². The van der Waals surface area contributed by atoms with E-state index in [1.807, 2.05) is 51.4 Å². The van der Waals surface area contributed by atoms with Crippen molar-refractivity contribution in [2.75, 3.05) is 13.6 Å². The molecule has 4 rings (SSSR count). The molecule has 1 atom stereocenters. The van der Waals surface area contributed by atoms with Gasteiger partial charge in [-0.25, -0.2) is 9.50 Å². The number of likely N-dealkylation sites (N-methyl/N-ethyl adjacent to an activating group) is 1. The normalized spacial score (nSPS) is 12.1. The standard InChI is InChI=1S/C24H28N6O2S/c1-16-21(26-24-30(16)27-17(2)33-24)23(32)29(4)19(15-18-9-6-5-7-10-18)12-13-25-22(31)20-11-8-14-28(20)3/h5-11,14,19H,12-13,15H2,1-4H3,(H,25,31). The first-order chi connectivity index (χ1) is 15.8. The molecule has 0 radical (unpaired) electrons. The highest BCUT2D eigenvalue weighted by Crippen LogP contribution is 2.20. The van der Waals surface area contributed by atoms with Crippen molar-refractivity contribution in [3.8, 4) is 0 Å². The summed E-state index contributed by atoms with van der Waals surface area (Å²) in [6.45, 7) is 4.25. The Kier molecular flexibility index (Phi) is 6.60. The van der Waals surface area contributed by atoms with Crippen molar-refractivity contribution in [3.63, 3.8) is 0 Å². The summed E-state index contributed by atoms with van der Waals surface area (Å²) in [5, 5.41) is 8.33. The molecule has 1 unspecified atom stereocenters. The van der Waals surface area contributed by atoms with E-state index in [0.717, 1.165) is 21.2 Å². The fourth-order valence-corrected chi connectivity index (χ4v) is 4.73. The Bertz CT molecular complexity index is 1270. The first kappa shape index (κ1) is 22.7. The van der Waals surface area contributed by atoms with Crippen molar-refractivity contribution >= 4 is 28.1 Å². The number of amides is 2. The van der Waals surface area contributed by atoms with Crippen LogP contribution in [0.3, 0.4) is 0 Å². The van der Waals surface area contributed by atoms with Crippen molar-refractivity contribution in [1.29, 1.82) is 0 Å². The number of imidazole rings is 1. The molecule has 0 saturated carbocycles. The minimum absolute atomic E-state index is 0.109. The SMILES string of the molecule is Cc1nn2c(C)c(C(=O)N(C)C(CCNC(=O)c3cccn3C)Cc3ccccc3)nc2s1. The number of hydrogen-bond acceptors (Lipinski definition) is 5. The monoisotopic (exact) mass is 464 g/mol. The summed E-state index contributed by atoms with van der Waals surface area (Å²) in [6, 6.07) is 13.6. The smallest absolute Gasteiger partial charge is 0.274 e. The predicted molar refractivity (Wildman–Crippen MR) is 129 cm³/mol. The van der Waals surface area contributed by atoms with Gasteiger partial charge in [0.2, 0.25) is 4.96 Å². The van der Waals surface area contributed by atoms with E-state index in [9.17, 15) is 9.59 Å². The van der Waals surface area contributed by atoms with Gasteiger partial charge >= 0.3 is 0 Å². The predicted octanol–water partition coefficient (Wildman–Crippen LogP) is 3.25. The van der Waals surface area contributed by atoms with E-state index in [-0.39, 0.29) is 17.9 Å². The van der Waals surface area contributed by atoms with Gasteiger partial charge in [0.05, 0.1) is 5.69 Å². The third-order valence-corrected chi connectivity index (χ3v) is 6.68. The highest BCUT2D eigenvalue weighted by Gasteiger charge is 2.26. The van der Waals surface area contributed by atoms with Gasteiger partial charge in [-0.15, -0.1) is 0 Å². The Balaban J connectivity index is 1.50. The van der Waals surface area contributed by atoms with Crippen LogP contribution in [-0.2, 0) is 13.5 Å². The molecule has 0 saturated heterocycles. The number of nitrogens with one attached hydrogen (secondary N) is 1. The second-order valence-electron chi connectivity index (χ2n) is 8.17. The zero-order chi connectivity index (χ0) is 23.5. The van der Waals surface area contributed by atoms with Crippen LogP contribution in [-0.4, -0.2) is 55.5 Å². The lowest BCUT2D eigenvalue weighted by atomic mass is 10.0. The van der Waals surface area contributed by atoms with Gasteiger partial charge in [0, 0.05) is 32.9 Å². The first-order valence-corrected chi connectivity index (χ1v) is 11.7. The van der Waals surface area contributed by atoms with Crippen LogP contribution in [0.15, 0.2) is 48.7 Å². The van der Waals surface area contributed by atoms with Gasteiger partial charge in [0.1, 0.15) is 10.7 Å². The molecule has 3 heterocycles. The zero-order valence-electron chi connectivity index (χ0n) is 19.3. The Hall–Kier alpha value is -3.46. The molecule has 33 heavy (non-hydrogen) atoms. The summed E-state index contributed by atoms with van der Waals surface area (Å²) in [6.07, 6.45) is 3.14. The summed E-state index contributed by atoms with van der Waals surface area (Å²) in [7, 11) is 3.65. The third kappa shape index (κ3) is 4.83. The van der Waals surface area contributed by atoms with Gasteiger partial charge in [-0.05, 0) is 44.4 Å². The lowest BCUT2D eigenvalue weighted by Crippen LogP contribution is -2.41. The summed E-state index contributed by atoms with van der Waals surface area (Å²) in [5.41, 5.74) is 2.90. The number of rotatable bonds is 8. The molecule has 0 aliphatic rings. The second-order valence-corrected chi connectivity index (χ2v) is 9.33. The van der Waals surface area contributed by atoms with Crippen molar-refractivity contribution in [1.82, 2.24) is 29.4 Å². The summed E-state index contributed by atoms with van der Waals surface area (Å²) >= 11 is 1.46.